The van der Waals surface area contributed by atoms with E-state index in [1.165, 1.54) is 6.42 Å². The van der Waals surface area contributed by atoms with Crippen molar-refractivity contribution < 1.29 is 0 Å². The summed E-state index contributed by atoms with van der Waals surface area (Å²) >= 11 is 0. The number of fused-ring (bicyclic) bond motifs is 1. The summed E-state index contributed by atoms with van der Waals surface area (Å²) in [7, 11) is 0. The van der Waals surface area contributed by atoms with Crippen LogP contribution in [0.1, 0.15) is 12.2 Å². The fourth-order valence-electron chi connectivity index (χ4n) is 2.24. The van der Waals surface area contributed by atoms with Gasteiger partial charge in [-0.2, -0.15) is 0 Å². The first-order valence-electron chi connectivity index (χ1n) is 4.40. The zero-order valence-electron chi connectivity index (χ0n) is 6.83. The molecule has 1 saturated carbocycles. The van der Waals surface area contributed by atoms with E-state index in [-0.39, 0.29) is 0 Å². The summed E-state index contributed by atoms with van der Waals surface area (Å²) < 4.78 is 0. The summed E-state index contributed by atoms with van der Waals surface area (Å²) in [5.74, 6) is 1.85. The summed E-state index contributed by atoms with van der Waals surface area (Å²) in [4.78, 5) is 8.65. The number of aromatic nitrogens is 2. The average Bonchev–Trinajstić information content (AvgIpc) is 2.72. The van der Waals surface area contributed by atoms with Crippen molar-refractivity contribution in [3.8, 4) is 0 Å². The van der Waals surface area contributed by atoms with Crippen LogP contribution in [-0.2, 0) is 5.41 Å². The van der Waals surface area contributed by atoms with Gasteiger partial charge in [-0.25, -0.2) is 9.97 Å². The van der Waals surface area contributed by atoms with Gasteiger partial charge in [-0.05, 0) is 24.9 Å². The Labute approximate surface area is 71.2 Å². The highest BCUT2D eigenvalue weighted by molar-refractivity contribution is 5.26. The Kier molecular flexibility index (Phi) is 1.11. The molecule has 3 rings (SSSR count). The normalized spacial score (nSPS) is 37.8. The maximum absolute atomic E-state index is 4.32. The highest BCUT2D eigenvalue weighted by Crippen LogP contribution is 2.54. The standard InChI is InChI=1S/C9H11N3/c1-2-11-8(12-3-1)9-4-7(9)5-10-6-9/h1-3,7,10H,4-6H2/t7-,9?/m1/s1. The Morgan fingerprint density at radius 2 is 2.25 bits per heavy atom. The largest absolute Gasteiger partial charge is 0.315 e. The first kappa shape index (κ1) is 6.54. The molecular weight excluding hydrogens is 150 g/mol. The van der Waals surface area contributed by atoms with Gasteiger partial charge in [-0.15, -0.1) is 0 Å². The molecule has 1 aromatic heterocycles. The third kappa shape index (κ3) is 0.693. The van der Waals surface area contributed by atoms with Gasteiger partial charge in [0.25, 0.3) is 0 Å². The molecule has 1 saturated heterocycles. The smallest absolute Gasteiger partial charge is 0.135 e. The van der Waals surface area contributed by atoms with Crippen molar-refractivity contribution in [2.75, 3.05) is 13.1 Å². The van der Waals surface area contributed by atoms with Gasteiger partial charge in [0.1, 0.15) is 5.82 Å². The van der Waals surface area contributed by atoms with E-state index in [2.05, 4.69) is 15.3 Å². The lowest BCUT2D eigenvalue weighted by molar-refractivity contribution is 0.633. The highest BCUT2D eigenvalue weighted by atomic mass is 15.0. The molecule has 0 amide bonds. The fraction of sp³-hybridized carbons (Fsp3) is 0.556. The molecule has 0 radical (unpaired) electrons. The molecule has 0 bridgehead atoms. The Bertz CT molecular complexity index is 298. The summed E-state index contributed by atoms with van der Waals surface area (Å²) in [5.41, 5.74) is 0.321. The molecule has 0 aromatic carbocycles. The van der Waals surface area contributed by atoms with Crippen LogP contribution in [0.2, 0.25) is 0 Å². The maximum Gasteiger partial charge on any atom is 0.135 e. The molecule has 1 aliphatic heterocycles. The SMILES string of the molecule is c1cnc(C23CNC[C@H]2C3)nc1. The number of nitrogens with zero attached hydrogens (tertiary/aromatic N) is 2. The molecule has 2 fully saturated rings. The Hall–Kier alpha value is -0.960. The summed E-state index contributed by atoms with van der Waals surface area (Å²) in [6.45, 7) is 2.22. The third-order valence-electron chi connectivity index (χ3n) is 3.07. The minimum absolute atomic E-state index is 0.321. The molecule has 1 aliphatic carbocycles. The minimum Gasteiger partial charge on any atom is -0.315 e. The van der Waals surface area contributed by atoms with E-state index < -0.39 is 0 Å². The topological polar surface area (TPSA) is 37.8 Å². The van der Waals surface area contributed by atoms with Crippen molar-refractivity contribution >= 4 is 0 Å². The lowest BCUT2D eigenvalue weighted by atomic mass is 10.1. The van der Waals surface area contributed by atoms with Crippen LogP contribution in [0.5, 0.6) is 0 Å². The number of nitrogens with one attached hydrogen (secondary N) is 1. The van der Waals surface area contributed by atoms with Crippen LogP contribution in [0.25, 0.3) is 0 Å². The molecule has 3 heteroatoms. The van der Waals surface area contributed by atoms with Crippen LogP contribution >= 0.6 is 0 Å². The molecule has 2 heterocycles. The second kappa shape index (κ2) is 2.04. The van der Waals surface area contributed by atoms with E-state index in [1.807, 2.05) is 18.5 Å². The minimum atomic E-state index is 0.321. The predicted octanol–water partition coefficient (Wildman–Crippen LogP) is 0.337. The molecule has 1 unspecified atom stereocenters. The van der Waals surface area contributed by atoms with E-state index in [1.54, 1.807) is 0 Å². The van der Waals surface area contributed by atoms with Gasteiger partial charge in [0.2, 0.25) is 0 Å². The monoisotopic (exact) mass is 161 g/mol. The summed E-state index contributed by atoms with van der Waals surface area (Å²) in [5, 5.41) is 3.38. The van der Waals surface area contributed by atoms with Gasteiger partial charge in [0.05, 0.1) is 0 Å². The first-order chi connectivity index (χ1) is 5.92. The van der Waals surface area contributed by atoms with Crippen LogP contribution in [0.4, 0.5) is 0 Å². The second-order valence-corrected chi connectivity index (χ2v) is 3.76. The van der Waals surface area contributed by atoms with Crippen molar-refractivity contribution in [2.24, 2.45) is 5.92 Å². The van der Waals surface area contributed by atoms with Crippen LogP contribution in [-0.4, -0.2) is 23.1 Å². The van der Waals surface area contributed by atoms with E-state index >= 15 is 0 Å². The molecule has 0 spiro atoms. The summed E-state index contributed by atoms with van der Waals surface area (Å²) in [6, 6.07) is 1.87. The number of hydrogen-bond donors (Lipinski definition) is 1. The van der Waals surface area contributed by atoms with Crippen LogP contribution in [0.3, 0.4) is 0 Å². The molecule has 62 valence electrons. The Balaban J connectivity index is 2.00. The van der Waals surface area contributed by atoms with E-state index in [9.17, 15) is 0 Å². The molecule has 2 aliphatic rings. The first-order valence-corrected chi connectivity index (χ1v) is 4.40. The lowest BCUT2D eigenvalue weighted by Gasteiger charge is -2.07. The van der Waals surface area contributed by atoms with Gasteiger partial charge in [0, 0.05) is 24.4 Å². The van der Waals surface area contributed by atoms with E-state index in [0.717, 1.165) is 24.8 Å². The highest BCUT2D eigenvalue weighted by Gasteiger charge is 2.60. The van der Waals surface area contributed by atoms with Gasteiger partial charge in [-0.1, -0.05) is 0 Å². The molecule has 1 aromatic rings. The fourth-order valence-corrected chi connectivity index (χ4v) is 2.24. The molecule has 3 nitrogen and oxygen atoms in total. The van der Waals surface area contributed by atoms with Gasteiger partial charge < -0.3 is 5.32 Å². The number of hydrogen-bond acceptors (Lipinski definition) is 3. The van der Waals surface area contributed by atoms with E-state index in [4.69, 9.17) is 0 Å². The quantitative estimate of drug-likeness (QED) is 0.645. The predicted molar refractivity (Wildman–Crippen MR) is 44.7 cm³/mol. The van der Waals surface area contributed by atoms with Crippen LogP contribution < -0.4 is 5.32 Å². The molecular formula is C9H11N3. The molecule has 12 heavy (non-hydrogen) atoms. The van der Waals surface area contributed by atoms with Gasteiger partial charge in [-0.3, -0.25) is 0 Å². The van der Waals surface area contributed by atoms with Crippen LogP contribution in [0, 0.1) is 5.92 Å². The van der Waals surface area contributed by atoms with E-state index in [0.29, 0.717) is 5.41 Å². The zero-order chi connectivity index (χ0) is 8.02. The summed E-state index contributed by atoms with van der Waals surface area (Å²) in [6.07, 6.45) is 4.96. The van der Waals surface area contributed by atoms with Crippen molar-refractivity contribution in [3.63, 3.8) is 0 Å². The zero-order valence-corrected chi connectivity index (χ0v) is 6.83. The Morgan fingerprint density at radius 3 is 2.83 bits per heavy atom. The van der Waals surface area contributed by atoms with Crippen LogP contribution in [0.15, 0.2) is 18.5 Å². The number of rotatable bonds is 1. The second-order valence-electron chi connectivity index (χ2n) is 3.76. The van der Waals surface area contributed by atoms with Crippen molar-refractivity contribution in [3.05, 3.63) is 24.3 Å². The molecule has 1 N–H and O–H groups in total. The Morgan fingerprint density at radius 1 is 1.42 bits per heavy atom. The van der Waals surface area contributed by atoms with Crippen molar-refractivity contribution in [1.82, 2.24) is 15.3 Å². The maximum atomic E-state index is 4.32. The van der Waals surface area contributed by atoms with Crippen molar-refractivity contribution in [2.45, 2.75) is 11.8 Å². The third-order valence-corrected chi connectivity index (χ3v) is 3.07. The average molecular weight is 161 g/mol. The molecule has 2 atom stereocenters. The number of piperidine rings is 1. The van der Waals surface area contributed by atoms with Crippen molar-refractivity contribution in [1.29, 1.82) is 0 Å². The van der Waals surface area contributed by atoms with Gasteiger partial charge >= 0.3 is 0 Å². The lowest BCUT2D eigenvalue weighted by Crippen LogP contribution is -2.21. The van der Waals surface area contributed by atoms with Gasteiger partial charge in [0.15, 0.2) is 0 Å².